The smallest absolute Gasteiger partial charge is 0.416 e. The highest BCUT2D eigenvalue weighted by Crippen LogP contribution is 2.38. The molecule has 0 saturated heterocycles. The van der Waals surface area contributed by atoms with Crippen LogP contribution in [0.15, 0.2) is 152 Å². The summed E-state index contributed by atoms with van der Waals surface area (Å²) in [5, 5.41) is 25.1. The molecular weight excluding hydrogens is 799 g/mol. The Hall–Kier alpha value is -7.55. The summed E-state index contributed by atoms with van der Waals surface area (Å²) >= 11 is 0. The third-order valence-corrected chi connectivity index (χ3v) is 8.69. The van der Waals surface area contributed by atoms with Gasteiger partial charge in [-0.2, -0.15) is 26.3 Å². The fourth-order valence-corrected chi connectivity index (χ4v) is 5.83. The fourth-order valence-electron chi connectivity index (χ4n) is 5.83. The van der Waals surface area contributed by atoms with Gasteiger partial charge in [0.05, 0.1) is 17.2 Å². The molecule has 0 amide bonds. The number of anilines is 2. The van der Waals surface area contributed by atoms with Crippen molar-refractivity contribution in [2.75, 3.05) is 11.1 Å². The zero-order valence-electron chi connectivity index (χ0n) is 32.5. The van der Waals surface area contributed by atoms with Crippen LogP contribution in [-0.4, -0.2) is 36.4 Å². The number of hydrogen-bond acceptors (Lipinski definition) is 9. The Bertz CT molecular complexity index is 2710. The van der Waals surface area contributed by atoms with E-state index in [1.165, 1.54) is 18.2 Å². The number of halogens is 6. The van der Waals surface area contributed by atoms with E-state index in [4.69, 9.17) is 5.73 Å². The lowest BCUT2D eigenvalue weighted by molar-refractivity contribution is -0.138. The van der Waals surface area contributed by atoms with Gasteiger partial charge in [0.15, 0.2) is 0 Å². The summed E-state index contributed by atoms with van der Waals surface area (Å²) in [7, 11) is 0. The Balaban J connectivity index is 0.000000184. The highest BCUT2D eigenvalue weighted by molar-refractivity contribution is 5.86. The monoisotopic (exact) mass is 836 g/mol. The van der Waals surface area contributed by atoms with Gasteiger partial charge in [0.2, 0.25) is 0 Å². The maximum absolute atomic E-state index is 13.3. The minimum Gasteiger partial charge on any atom is -0.506 e. The van der Waals surface area contributed by atoms with Crippen molar-refractivity contribution in [2.24, 2.45) is 0 Å². The number of alkyl halides is 6. The van der Waals surface area contributed by atoms with E-state index < -0.39 is 29.5 Å². The summed E-state index contributed by atoms with van der Waals surface area (Å²) in [6.45, 7) is 3.73. The number of carbonyl (C=O) groups excluding carboxylic acids is 1. The molecule has 0 aliphatic rings. The number of fused-ring (bicyclic) bond motifs is 2. The summed E-state index contributed by atoms with van der Waals surface area (Å²) in [5.41, 5.74) is 7.33. The molecular formula is C46H38F6N6O3. The van der Waals surface area contributed by atoms with Crippen LogP contribution in [-0.2, 0) is 12.4 Å². The third-order valence-electron chi connectivity index (χ3n) is 8.69. The number of para-hydroxylation sites is 1. The first-order valence-corrected chi connectivity index (χ1v) is 18.3. The fraction of sp³-hybridized carbons (Fsp3) is 0.109. The number of hydrogen-bond donors (Lipinski definition) is 4. The summed E-state index contributed by atoms with van der Waals surface area (Å²) in [6.07, 6.45) is -5.24. The Morgan fingerprint density at radius 1 is 0.623 bits per heavy atom. The zero-order chi connectivity index (χ0) is 44.2. The largest absolute Gasteiger partial charge is 0.506 e. The van der Waals surface area contributed by atoms with E-state index in [1.807, 2.05) is 50.2 Å². The Labute approximate surface area is 346 Å². The second-order valence-electron chi connectivity index (χ2n) is 13.2. The number of aromatic nitrogens is 4. The SMILES string of the molecule is Cc1cccc(N)n1.Cc1cccc(NC(c2cccc(C(F)(F)F)c2)c2ccc3cccnc3c2O)n1.O=Cc1cccc(C(F)(F)F)c1.Oc1cccc2cccnc12. The molecule has 4 heterocycles. The van der Waals surface area contributed by atoms with Crippen LogP contribution in [0.4, 0.5) is 38.0 Å². The topological polar surface area (TPSA) is 147 Å². The van der Waals surface area contributed by atoms with Crippen molar-refractivity contribution in [3.8, 4) is 11.5 Å². The van der Waals surface area contributed by atoms with E-state index >= 15 is 0 Å². The van der Waals surface area contributed by atoms with E-state index in [-0.39, 0.29) is 17.1 Å². The van der Waals surface area contributed by atoms with Gasteiger partial charge < -0.3 is 21.3 Å². The molecule has 0 aliphatic carbocycles. The number of aromatic hydroxyl groups is 2. The van der Waals surface area contributed by atoms with E-state index in [0.29, 0.717) is 40.1 Å². The van der Waals surface area contributed by atoms with Gasteiger partial charge in [-0.25, -0.2) is 9.97 Å². The number of phenols is 2. The lowest BCUT2D eigenvalue weighted by Crippen LogP contribution is -2.15. The van der Waals surface area contributed by atoms with Crippen molar-refractivity contribution in [1.29, 1.82) is 0 Å². The number of aryl methyl sites for hydroxylation is 2. The molecule has 1 atom stereocenters. The molecule has 0 saturated carbocycles. The average molecular weight is 837 g/mol. The molecule has 1 unspecified atom stereocenters. The van der Waals surface area contributed by atoms with E-state index in [9.17, 15) is 41.4 Å². The van der Waals surface area contributed by atoms with Crippen LogP contribution >= 0.6 is 0 Å². The lowest BCUT2D eigenvalue weighted by Gasteiger charge is -2.23. The van der Waals surface area contributed by atoms with Gasteiger partial charge in [0, 0.05) is 45.7 Å². The molecule has 8 rings (SSSR count). The van der Waals surface area contributed by atoms with Gasteiger partial charge in [-0.3, -0.25) is 14.8 Å². The molecule has 0 fully saturated rings. The Morgan fingerprint density at radius 3 is 1.77 bits per heavy atom. The normalized spacial score (nSPS) is 11.5. The van der Waals surface area contributed by atoms with Crippen molar-refractivity contribution in [3.05, 3.63) is 191 Å². The van der Waals surface area contributed by atoms with Gasteiger partial charge in [0.1, 0.15) is 40.5 Å². The molecule has 0 radical (unpaired) electrons. The average Bonchev–Trinajstić information content (AvgIpc) is 3.24. The Kier molecular flexibility index (Phi) is 14.6. The molecule has 5 N–H and O–H groups in total. The molecule has 8 aromatic rings. The number of benzene rings is 4. The zero-order valence-corrected chi connectivity index (χ0v) is 32.5. The standard InChI is InChI=1S/C23H18F3N3O.C9H7NO.C8H5F3O.C6H8N2/c1-14-5-2-9-19(28-14)29-20(16-6-3-8-17(13-16)23(24,25)26)18-11-10-15-7-4-12-27-21(15)22(18)30;11-8-5-1-3-7-4-2-6-10-9(7)8;9-8(10,11)7-3-1-2-6(4-7)5-12;1-5-3-2-4-6(7)8-5/h2-13,20,30H,1H3,(H,28,29);1-6,11H;1-5H;2-4H,1H3,(H2,7,8). The number of aldehydes is 1. The van der Waals surface area contributed by atoms with Crippen LogP contribution in [0.5, 0.6) is 11.5 Å². The molecule has 0 bridgehead atoms. The number of rotatable bonds is 5. The highest BCUT2D eigenvalue weighted by atomic mass is 19.4. The van der Waals surface area contributed by atoms with Gasteiger partial charge in [0.25, 0.3) is 0 Å². The van der Waals surface area contributed by atoms with Crippen LogP contribution in [0.2, 0.25) is 0 Å². The first-order valence-electron chi connectivity index (χ1n) is 18.3. The van der Waals surface area contributed by atoms with Gasteiger partial charge >= 0.3 is 12.4 Å². The predicted molar refractivity (Wildman–Crippen MR) is 223 cm³/mol. The number of nitrogens with one attached hydrogen (secondary N) is 1. The quantitative estimate of drug-likeness (QED) is 0.0982. The maximum Gasteiger partial charge on any atom is 0.416 e. The third kappa shape index (κ3) is 12.5. The van der Waals surface area contributed by atoms with E-state index in [2.05, 4.69) is 25.3 Å². The van der Waals surface area contributed by atoms with Crippen molar-refractivity contribution in [3.63, 3.8) is 0 Å². The van der Waals surface area contributed by atoms with Crippen molar-refractivity contribution < 1.29 is 41.4 Å². The molecule has 4 aromatic carbocycles. The highest BCUT2D eigenvalue weighted by Gasteiger charge is 2.32. The van der Waals surface area contributed by atoms with Crippen LogP contribution in [0, 0.1) is 13.8 Å². The second kappa shape index (κ2) is 19.9. The molecule has 15 heteroatoms. The number of phenolic OH excluding ortho intramolecular Hbond substituents is 2. The van der Waals surface area contributed by atoms with Gasteiger partial charge in [-0.05, 0) is 86.1 Å². The predicted octanol–water partition coefficient (Wildman–Crippen LogP) is 11.3. The molecule has 61 heavy (non-hydrogen) atoms. The molecule has 9 nitrogen and oxygen atoms in total. The number of nitrogens with zero attached hydrogens (tertiary/aromatic N) is 4. The van der Waals surface area contributed by atoms with Crippen molar-refractivity contribution in [2.45, 2.75) is 32.2 Å². The number of carbonyl (C=O) groups is 1. The molecule has 312 valence electrons. The summed E-state index contributed by atoms with van der Waals surface area (Å²) in [5.74, 6) is 1.22. The summed E-state index contributed by atoms with van der Waals surface area (Å²) in [4.78, 5) is 26.7. The molecule has 4 aromatic heterocycles. The van der Waals surface area contributed by atoms with Crippen LogP contribution in [0.3, 0.4) is 0 Å². The minimum absolute atomic E-state index is 0.0322. The number of nitrogens with two attached hydrogens (primary N) is 1. The maximum atomic E-state index is 13.3. The van der Waals surface area contributed by atoms with Crippen LogP contribution in [0.25, 0.3) is 21.8 Å². The van der Waals surface area contributed by atoms with Crippen LogP contribution < -0.4 is 11.1 Å². The number of nitrogen functional groups attached to an aromatic ring is 1. The van der Waals surface area contributed by atoms with Gasteiger partial charge in [-0.15, -0.1) is 0 Å². The summed E-state index contributed by atoms with van der Waals surface area (Å²) < 4.78 is 75.9. The lowest BCUT2D eigenvalue weighted by atomic mass is 9.95. The second-order valence-corrected chi connectivity index (χ2v) is 13.2. The Morgan fingerprint density at radius 2 is 1.18 bits per heavy atom. The first kappa shape index (κ1) is 44.6. The van der Waals surface area contributed by atoms with Gasteiger partial charge in [-0.1, -0.05) is 72.8 Å². The summed E-state index contributed by atoms with van der Waals surface area (Å²) in [6, 6.07) is 35.6. The molecule has 0 aliphatic heterocycles. The minimum atomic E-state index is -4.48. The van der Waals surface area contributed by atoms with Crippen LogP contribution in [0.1, 0.15) is 50.0 Å². The van der Waals surface area contributed by atoms with E-state index in [1.54, 1.807) is 73.1 Å². The van der Waals surface area contributed by atoms with E-state index in [0.717, 1.165) is 46.4 Å². The van der Waals surface area contributed by atoms with Crippen molar-refractivity contribution >= 4 is 39.7 Å². The number of pyridine rings is 4. The first-order chi connectivity index (χ1) is 29.0. The van der Waals surface area contributed by atoms with Crippen molar-refractivity contribution in [1.82, 2.24) is 19.9 Å². The molecule has 0 spiro atoms.